The first-order valence-electron chi connectivity index (χ1n) is 4.03. The fourth-order valence-corrected chi connectivity index (χ4v) is 1.54. The lowest BCUT2D eigenvalue weighted by molar-refractivity contribution is 0.259. The molecule has 0 aliphatic carbocycles. The molecule has 0 saturated carbocycles. The summed E-state index contributed by atoms with van der Waals surface area (Å²) in [6.07, 6.45) is 0. The summed E-state index contributed by atoms with van der Waals surface area (Å²) in [4.78, 5) is 0. The van der Waals surface area contributed by atoms with E-state index in [1.807, 2.05) is 0 Å². The van der Waals surface area contributed by atoms with Gasteiger partial charge in [-0.05, 0) is 17.7 Å². The Labute approximate surface area is 97.7 Å². The Hall–Kier alpha value is -1.20. The summed E-state index contributed by atoms with van der Waals surface area (Å²) in [5.74, 6) is -0.150. The minimum absolute atomic E-state index is 0.150. The summed E-state index contributed by atoms with van der Waals surface area (Å²) in [5, 5.41) is 0. The standard InChI is InChI=1S/C7H8O8S2/c8-16(9,10)14-5-6-1-3-7(4-2-6)15-17(11,12)13/h1-4H,5H2,(H,8,9,10)(H,11,12,13). The Kier molecular flexibility index (Phi) is 4.06. The molecule has 96 valence electrons. The molecule has 0 heterocycles. The van der Waals surface area contributed by atoms with Crippen molar-refractivity contribution in [3.05, 3.63) is 29.8 Å². The molecule has 1 aromatic rings. The monoisotopic (exact) mass is 284 g/mol. The minimum atomic E-state index is -4.59. The molecule has 10 heteroatoms. The molecule has 0 spiro atoms. The molecule has 8 nitrogen and oxygen atoms in total. The second-order valence-corrected chi connectivity index (χ2v) is 4.96. The topological polar surface area (TPSA) is 127 Å². The lowest BCUT2D eigenvalue weighted by Gasteiger charge is -2.03. The maximum Gasteiger partial charge on any atom is 0.446 e. The highest BCUT2D eigenvalue weighted by molar-refractivity contribution is 7.81. The van der Waals surface area contributed by atoms with E-state index in [0.29, 0.717) is 5.56 Å². The quantitative estimate of drug-likeness (QED) is 0.733. The summed E-state index contributed by atoms with van der Waals surface area (Å²) in [7, 11) is -9.12. The van der Waals surface area contributed by atoms with Crippen LogP contribution in [-0.2, 0) is 31.6 Å². The van der Waals surface area contributed by atoms with Crippen LogP contribution in [0.3, 0.4) is 0 Å². The van der Waals surface area contributed by atoms with Crippen LogP contribution in [0, 0.1) is 0 Å². The second-order valence-electron chi connectivity index (χ2n) is 2.84. The SMILES string of the molecule is O=S(=O)(O)OCc1ccc(OS(=O)(=O)O)cc1. The highest BCUT2D eigenvalue weighted by Gasteiger charge is 2.08. The molecular weight excluding hydrogens is 276 g/mol. The van der Waals surface area contributed by atoms with Gasteiger partial charge in [0.2, 0.25) is 0 Å². The highest BCUT2D eigenvalue weighted by Crippen LogP contribution is 2.14. The molecule has 0 atom stereocenters. The molecule has 0 aromatic heterocycles. The van der Waals surface area contributed by atoms with E-state index in [1.165, 1.54) is 24.3 Å². The summed E-state index contributed by atoms with van der Waals surface area (Å²) in [6.45, 7) is -0.412. The molecule has 0 bridgehead atoms. The molecule has 0 aliphatic heterocycles. The summed E-state index contributed by atoms with van der Waals surface area (Å²) in [5.41, 5.74) is 0.352. The number of hydrogen-bond acceptors (Lipinski definition) is 6. The Morgan fingerprint density at radius 3 is 1.88 bits per heavy atom. The fourth-order valence-electron chi connectivity index (χ4n) is 0.905. The molecule has 0 fully saturated rings. The van der Waals surface area contributed by atoms with E-state index < -0.39 is 27.4 Å². The lowest BCUT2D eigenvalue weighted by atomic mass is 10.2. The van der Waals surface area contributed by atoms with Crippen LogP contribution in [0.2, 0.25) is 0 Å². The average Bonchev–Trinajstić information content (AvgIpc) is 2.13. The van der Waals surface area contributed by atoms with E-state index in [4.69, 9.17) is 9.11 Å². The van der Waals surface area contributed by atoms with Gasteiger partial charge in [0.05, 0.1) is 6.61 Å². The van der Waals surface area contributed by atoms with Crippen molar-refractivity contribution >= 4 is 20.8 Å². The zero-order valence-electron chi connectivity index (χ0n) is 8.18. The van der Waals surface area contributed by atoms with E-state index in [-0.39, 0.29) is 5.75 Å². The molecule has 0 saturated heterocycles. The predicted octanol–water partition coefficient (Wildman–Crippen LogP) is 0.188. The van der Waals surface area contributed by atoms with Gasteiger partial charge in [-0.3, -0.25) is 9.11 Å². The van der Waals surface area contributed by atoms with Crippen molar-refractivity contribution in [2.45, 2.75) is 6.61 Å². The summed E-state index contributed by atoms with van der Waals surface area (Å²) >= 11 is 0. The van der Waals surface area contributed by atoms with E-state index in [1.54, 1.807) is 0 Å². The van der Waals surface area contributed by atoms with Gasteiger partial charge in [-0.2, -0.15) is 16.8 Å². The number of hydrogen-bond donors (Lipinski definition) is 2. The molecule has 2 N–H and O–H groups in total. The first-order valence-corrected chi connectivity index (χ1v) is 6.76. The first kappa shape index (κ1) is 13.9. The lowest BCUT2D eigenvalue weighted by Crippen LogP contribution is -2.07. The average molecular weight is 284 g/mol. The molecule has 1 aromatic carbocycles. The van der Waals surface area contributed by atoms with Crippen molar-refractivity contribution in [3.8, 4) is 5.75 Å². The Morgan fingerprint density at radius 2 is 1.47 bits per heavy atom. The van der Waals surface area contributed by atoms with Gasteiger partial charge in [-0.1, -0.05) is 12.1 Å². The van der Waals surface area contributed by atoms with Gasteiger partial charge < -0.3 is 4.18 Å². The van der Waals surface area contributed by atoms with Gasteiger partial charge in [-0.15, -0.1) is 0 Å². The van der Waals surface area contributed by atoms with Gasteiger partial charge in [0.15, 0.2) is 0 Å². The minimum Gasteiger partial charge on any atom is -0.362 e. The van der Waals surface area contributed by atoms with E-state index in [0.717, 1.165) is 0 Å². The van der Waals surface area contributed by atoms with Crippen LogP contribution >= 0.6 is 0 Å². The highest BCUT2D eigenvalue weighted by atomic mass is 32.3. The Bertz CT molecular complexity index is 571. The third kappa shape index (κ3) is 6.19. The van der Waals surface area contributed by atoms with Crippen molar-refractivity contribution in [2.24, 2.45) is 0 Å². The third-order valence-corrected chi connectivity index (χ3v) is 2.32. The van der Waals surface area contributed by atoms with Gasteiger partial charge in [-0.25, -0.2) is 4.18 Å². The van der Waals surface area contributed by atoms with Crippen molar-refractivity contribution in [1.29, 1.82) is 0 Å². The Balaban J connectivity index is 2.69. The zero-order valence-corrected chi connectivity index (χ0v) is 9.81. The fraction of sp³-hybridized carbons (Fsp3) is 0.143. The normalized spacial score (nSPS) is 12.4. The van der Waals surface area contributed by atoms with Crippen LogP contribution in [0.15, 0.2) is 24.3 Å². The van der Waals surface area contributed by atoms with Crippen LogP contribution in [0.5, 0.6) is 5.75 Å². The number of benzene rings is 1. The second kappa shape index (κ2) is 4.98. The van der Waals surface area contributed by atoms with Gasteiger partial charge in [0, 0.05) is 0 Å². The third-order valence-electron chi connectivity index (χ3n) is 1.50. The molecule has 0 radical (unpaired) electrons. The van der Waals surface area contributed by atoms with Gasteiger partial charge in [0.25, 0.3) is 0 Å². The van der Waals surface area contributed by atoms with E-state index in [9.17, 15) is 16.8 Å². The Morgan fingerprint density at radius 1 is 0.941 bits per heavy atom. The van der Waals surface area contributed by atoms with Gasteiger partial charge >= 0.3 is 20.8 Å². The van der Waals surface area contributed by atoms with Crippen LogP contribution in [0.25, 0.3) is 0 Å². The van der Waals surface area contributed by atoms with Crippen LogP contribution in [-0.4, -0.2) is 25.9 Å². The molecule has 0 amide bonds. The molecular formula is C7H8O8S2. The maximum absolute atomic E-state index is 10.3. The van der Waals surface area contributed by atoms with E-state index in [2.05, 4.69) is 8.37 Å². The zero-order chi connectivity index (χ0) is 13.1. The molecule has 17 heavy (non-hydrogen) atoms. The number of rotatable bonds is 5. The van der Waals surface area contributed by atoms with Crippen LogP contribution in [0.4, 0.5) is 0 Å². The molecule has 0 aliphatic rings. The summed E-state index contributed by atoms with van der Waals surface area (Å²) in [6, 6.07) is 4.95. The van der Waals surface area contributed by atoms with Crippen LogP contribution < -0.4 is 4.18 Å². The maximum atomic E-state index is 10.3. The largest absolute Gasteiger partial charge is 0.446 e. The van der Waals surface area contributed by atoms with Crippen molar-refractivity contribution < 1.29 is 34.3 Å². The van der Waals surface area contributed by atoms with Gasteiger partial charge in [0.1, 0.15) is 5.75 Å². The van der Waals surface area contributed by atoms with Crippen molar-refractivity contribution in [1.82, 2.24) is 0 Å². The van der Waals surface area contributed by atoms with Crippen LogP contribution in [0.1, 0.15) is 5.56 Å². The molecule has 1 rings (SSSR count). The van der Waals surface area contributed by atoms with Crippen molar-refractivity contribution in [2.75, 3.05) is 0 Å². The predicted molar refractivity (Wildman–Crippen MR) is 55.0 cm³/mol. The molecule has 0 unspecified atom stereocenters. The van der Waals surface area contributed by atoms with Crippen molar-refractivity contribution in [3.63, 3.8) is 0 Å². The first-order chi connectivity index (χ1) is 7.66. The van der Waals surface area contributed by atoms with E-state index >= 15 is 0 Å². The smallest absolute Gasteiger partial charge is 0.362 e. The summed E-state index contributed by atoms with van der Waals surface area (Å²) < 4.78 is 66.0.